The molecule has 3 heterocycles. The summed E-state index contributed by atoms with van der Waals surface area (Å²) in [4.78, 5) is 21.3. The Bertz CT molecular complexity index is 711. The number of imidazole rings is 1. The number of nitrogens with zero attached hydrogens (tertiary/aromatic N) is 4. The number of aromatic nitrogens is 2. The van der Waals surface area contributed by atoms with Gasteiger partial charge < -0.3 is 9.47 Å². The van der Waals surface area contributed by atoms with Crippen LogP contribution in [0, 0.1) is 6.92 Å². The number of likely N-dealkylation sites (tertiary alicyclic amines) is 2. The second kappa shape index (κ2) is 5.96. The molecule has 4 rings (SSSR count). The molecule has 2 saturated heterocycles. The molecular formula is C18H24N4O. The zero-order chi connectivity index (χ0) is 15.8. The number of piperidine rings is 1. The van der Waals surface area contributed by atoms with E-state index in [4.69, 9.17) is 0 Å². The third-order valence-electron chi connectivity index (χ3n) is 5.14. The largest absolute Gasteiger partial charge is 0.342 e. The van der Waals surface area contributed by atoms with Gasteiger partial charge in [-0.3, -0.25) is 9.69 Å². The number of para-hydroxylation sites is 2. The van der Waals surface area contributed by atoms with Crippen LogP contribution in [0.3, 0.4) is 0 Å². The first-order valence-electron chi connectivity index (χ1n) is 8.66. The van der Waals surface area contributed by atoms with Crippen molar-refractivity contribution >= 4 is 16.9 Å². The van der Waals surface area contributed by atoms with Gasteiger partial charge in [0.1, 0.15) is 5.82 Å². The molecular weight excluding hydrogens is 288 g/mol. The van der Waals surface area contributed by atoms with E-state index in [1.807, 2.05) is 11.0 Å². The van der Waals surface area contributed by atoms with Gasteiger partial charge >= 0.3 is 0 Å². The maximum absolute atomic E-state index is 12.3. The highest BCUT2D eigenvalue weighted by Gasteiger charge is 2.32. The van der Waals surface area contributed by atoms with Crippen molar-refractivity contribution in [3.8, 4) is 0 Å². The van der Waals surface area contributed by atoms with Crippen LogP contribution in [-0.2, 0) is 4.79 Å². The first-order chi connectivity index (χ1) is 11.2. The Morgan fingerprint density at radius 3 is 2.70 bits per heavy atom. The molecule has 1 amide bonds. The van der Waals surface area contributed by atoms with E-state index >= 15 is 0 Å². The summed E-state index contributed by atoms with van der Waals surface area (Å²) < 4.78 is 2.33. The number of amides is 1. The van der Waals surface area contributed by atoms with Gasteiger partial charge in [0.15, 0.2) is 0 Å². The van der Waals surface area contributed by atoms with Crippen molar-refractivity contribution < 1.29 is 4.79 Å². The molecule has 0 N–H and O–H groups in total. The van der Waals surface area contributed by atoms with Crippen LogP contribution in [0.5, 0.6) is 0 Å². The Balaban J connectivity index is 1.39. The molecule has 2 aliphatic heterocycles. The number of carbonyl (C=O) groups excluding carboxylic acids is 1. The fourth-order valence-corrected chi connectivity index (χ4v) is 3.90. The van der Waals surface area contributed by atoms with Crippen molar-refractivity contribution in [2.45, 2.75) is 32.2 Å². The Morgan fingerprint density at radius 1 is 1.17 bits per heavy atom. The Morgan fingerprint density at radius 2 is 1.91 bits per heavy atom. The molecule has 2 aliphatic rings. The van der Waals surface area contributed by atoms with Gasteiger partial charge in [-0.25, -0.2) is 4.98 Å². The zero-order valence-electron chi connectivity index (χ0n) is 13.7. The molecule has 1 aromatic carbocycles. The smallest absolute Gasteiger partial charge is 0.236 e. The van der Waals surface area contributed by atoms with E-state index in [1.54, 1.807) is 0 Å². The van der Waals surface area contributed by atoms with E-state index in [2.05, 4.69) is 39.6 Å². The number of hydrogen-bond acceptors (Lipinski definition) is 3. The molecule has 0 saturated carbocycles. The van der Waals surface area contributed by atoms with Crippen LogP contribution in [0.1, 0.15) is 31.1 Å². The average Bonchev–Trinajstić information content (AvgIpc) is 2.87. The van der Waals surface area contributed by atoms with E-state index in [0.29, 0.717) is 18.5 Å². The summed E-state index contributed by atoms with van der Waals surface area (Å²) in [5, 5.41) is 0. The number of benzene rings is 1. The monoisotopic (exact) mass is 312 g/mol. The number of rotatable bonds is 3. The third-order valence-corrected chi connectivity index (χ3v) is 5.14. The molecule has 0 atom stereocenters. The molecule has 0 radical (unpaired) electrons. The lowest BCUT2D eigenvalue weighted by atomic mass is 10.1. The van der Waals surface area contributed by atoms with Gasteiger partial charge in [-0.05, 0) is 38.3 Å². The van der Waals surface area contributed by atoms with Gasteiger partial charge in [0.05, 0.1) is 23.6 Å². The van der Waals surface area contributed by atoms with Gasteiger partial charge in [0.2, 0.25) is 5.91 Å². The van der Waals surface area contributed by atoms with E-state index in [9.17, 15) is 4.79 Å². The summed E-state index contributed by atoms with van der Waals surface area (Å²) in [6, 6.07) is 8.74. The highest BCUT2D eigenvalue weighted by molar-refractivity contribution is 5.78. The van der Waals surface area contributed by atoms with Crippen molar-refractivity contribution in [3.63, 3.8) is 0 Å². The van der Waals surface area contributed by atoms with Crippen molar-refractivity contribution in [2.24, 2.45) is 0 Å². The predicted octanol–water partition coefficient (Wildman–Crippen LogP) is 2.21. The van der Waals surface area contributed by atoms with Crippen molar-refractivity contribution in [1.29, 1.82) is 0 Å². The summed E-state index contributed by atoms with van der Waals surface area (Å²) >= 11 is 0. The fraction of sp³-hybridized carbons (Fsp3) is 0.556. The van der Waals surface area contributed by atoms with E-state index in [-0.39, 0.29) is 0 Å². The van der Waals surface area contributed by atoms with Crippen LogP contribution in [0.25, 0.3) is 11.0 Å². The lowest BCUT2D eigenvalue weighted by Gasteiger charge is -2.41. The summed E-state index contributed by atoms with van der Waals surface area (Å²) in [5.74, 6) is 1.37. The lowest BCUT2D eigenvalue weighted by molar-refractivity contribution is -0.134. The van der Waals surface area contributed by atoms with Gasteiger partial charge in [-0.15, -0.1) is 0 Å². The van der Waals surface area contributed by atoms with Crippen LogP contribution >= 0.6 is 0 Å². The van der Waals surface area contributed by atoms with Crippen molar-refractivity contribution in [3.05, 3.63) is 30.1 Å². The van der Waals surface area contributed by atoms with Crippen LogP contribution in [0.2, 0.25) is 0 Å². The maximum atomic E-state index is 12.3. The first-order valence-corrected chi connectivity index (χ1v) is 8.66. The second-order valence-corrected chi connectivity index (χ2v) is 6.81. The minimum Gasteiger partial charge on any atom is -0.342 e. The van der Waals surface area contributed by atoms with Crippen molar-refractivity contribution in [1.82, 2.24) is 19.4 Å². The Labute approximate surface area is 136 Å². The molecule has 122 valence electrons. The first kappa shape index (κ1) is 14.7. The van der Waals surface area contributed by atoms with Gasteiger partial charge in [-0.1, -0.05) is 12.1 Å². The topological polar surface area (TPSA) is 41.4 Å². The Hall–Kier alpha value is -1.88. The SMILES string of the molecule is Cc1nc2ccccc2n1C1CN(CC(=O)N2CCCCC2)C1. The van der Waals surface area contributed by atoms with Crippen LogP contribution < -0.4 is 0 Å². The highest BCUT2D eigenvalue weighted by Crippen LogP contribution is 2.27. The number of aryl methyl sites for hydroxylation is 1. The lowest BCUT2D eigenvalue weighted by Crippen LogP contribution is -2.52. The fourth-order valence-electron chi connectivity index (χ4n) is 3.90. The standard InChI is InChI=1S/C18H24N4O/c1-14-19-16-7-3-4-8-17(16)22(14)15-11-20(12-15)13-18(23)21-9-5-2-6-10-21/h3-4,7-8,15H,2,5-6,9-13H2,1H3. The molecule has 0 spiro atoms. The van der Waals surface area contributed by atoms with Crippen molar-refractivity contribution in [2.75, 3.05) is 32.7 Å². The average molecular weight is 312 g/mol. The number of fused-ring (bicyclic) bond motifs is 1. The number of hydrogen-bond donors (Lipinski definition) is 0. The Kier molecular flexibility index (Phi) is 3.81. The van der Waals surface area contributed by atoms with Crippen LogP contribution in [-0.4, -0.2) is 58.0 Å². The molecule has 0 aliphatic carbocycles. The maximum Gasteiger partial charge on any atom is 0.236 e. The molecule has 1 aromatic heterocycles. The summed E-state index contributed by atoms with van der Waals surface area (Å²) in [6.07, 6.45) is 3.59. The van der Waals surface area contributed by atoms with E-state index in [0.717, 1.165) is 50.4 Å². The second-order valence-electron chi connectivity index (χ2n) is 6.81. The zero-order valence-corrected chi connectivity index (χ0v) is 13.7. The summed E-state index contributed by atoms with van der Waals surface area (Å²) in [6.45, 7) is 6.42. The third kappa shape index (κ3) is 2.74. The van der Waals surface area contributed by atoms with Gasteiger partial charge in [0.25, 0.3) is 0 Å². The predicted molar refractivity (Wildman–Crippen MR) is 90.4 cm³/mol. The molecule has 0 unspecified atom stereocenters. The van der Waals surface area contributed by atoms with E-state index in [1.165, 1.54) is 11.9 Å². The number of carbonyl (C=O) groups is 1. The summed E-state index contributed by atoms with van der Waals surface area (Å²) in [5.41, 5.74) is 2.27. The minimum atomic E-state index is 0.301. The minimum absolute atomic E-state index is 0.301. The molecule has 5 heteroatoms. The van der Waals surface area contributed by atoms with Crippen LogP contribution in [0.15, 0.2) is 24.3 Å². The van der Waals surface area contributed by atoms with Crippen LogP contribution in [0.4, 0.5) is 0 Å². The molecule has 5 nitrogen and oxygen atoms in total. The van der Waals surface area contributed by atoms with E-state index < -0.39 is 0 Å². The molecule has 2 fully saturated rings. The molecule has 0 bridgehead atoms. The quantitative estimate of drug-likeness (QED) is 0.872. The normalized spacial score (nSPS) is 20.0. The molecule has 2 aromatic rings. The summed E-state index contributed by atoms with van der Waals surface area (Å²) in [7, 11) is 0. The molecule has 23 heavy (non-hydrogen) atoms. The van der Waals surface area contributed by atoms with Gasteiger partial charge in [0, 0.05) is 26.2 Å². The highest BCUT2D eigenvalue weighted by atomic mass is 16.2. The van der Waals surface area contributed by atoms with Gasteiger partial charge in [-0.2, -0.15) is 0 Å².